The second-order valence-electron chi connectivity index (χ2n) is 5.85. The number of fused-ring (bicyclic) bond motifs is 1. The van der Waals surface area contributed by atoms with Crippen molar-refractivity contribution in [1.82, 2.24) is 19.6 Å². The number of ether oxygens (including phenoxy) is 1. The van der Waals surface area contributed by atoms with Crippen molar-refractivity contribution in [1.29, 1.82) is 0 Å². The van der Waals surface area contributed by atoms with Crippen LogP contribution in [-0.2, 0) is 6.54 Å². The highest BCUT2D eigenvalue weighted by molar-refractivity contribution is 6.42. The first-order chi connectivity index (χ1) is 13.1. The molecule has 0 aliphatic carbocycles. The third-order valence-corrected chi connectivity index (χ3v) is 4.80. The highest BCUT2D eigenvalue weighted by Gasteiger charge is 2.10. The van der Waals surface area contributed by atoms with E-state index in [9.17, 15) is 0 Å². The fourth-order valence-electron chi connectivity index (χ4n) is 2.68. The summed E-state index contributed by atoms with van der Waals surface area (Å²) >= 11 is 12.0. The van der Waals surface area contributed by atoms with Crippen LogP contribution in [-0.4, -0.2) is 26.7 Å². The van der Waals surface area contributed by atoms with E-state index in [4.69, 9.17) is 27.9 Å². The maximum absolute atomic E-state index is 6.07. The van der Waals surface area contributed by atoms with E-state index in [0.717, 1.165) is 22.5 Å². The number of aromatic nitrogens is 4. The topological polar surface area (TPSA) is 64.3 Å². The highest BCUT2D eigenvalue weighted by atomic mass is 35.5. The van der Waals surface area contributed by atoms with E-state index in [1.165, 1.54) is 0 Å². The Kier molecular flexibility index (Phi) is 4.83. The number of pyridine rings is 1. The minimum Gasteiger partial charge on any atom is -0.495 e. The predicted octanol–water partition coefficient (Wildman–Crippen LogP) is 4.72. The summed E-state index contributed by atoms with van der Waals surface area (Å²) in [4.78, 5) is 8.60. The van der Waals surface area contributed by atoms with Crippen LogP contribution in [0.15, 0.2) is 55.0 Å². The molecule has 0 aliphatic rings. The molecule has 27 heavy (non-hydrogen) atoms. The van der Waals surface area contributed by atoms with Crippen LogP contribution in [0.25, 0.3) is 16.9 Å². The van der Waals surface area contributed by atoms with Crippen LogP contribution in [0.2, 0.25) is 10.0 Å². The van der Waals surface area contributed by atoms with Crippen molar-refractivity contribution in [2.75, 3.05) is 12.4 Å². The van der Waals surface area contributed by atoms with Gasteiger partial charge in [0.25, 0.3) is 0 Å². The van der Waals surface area contributed by atoms with Gasteiger partial charge in [0.2, 0.25) is 0 Å². The number of benzene rings is 1. The molecule has 0 radical (unpaired) electrons. The van der Waals surface area contributed by atoms with E-state index in [1.807, 2.05) is 30.3 Å². The van der Waals surface area contributed by atoms with E-state index in [0.29, 0.717) is 28.2 Å². The summed E-state index contributed by atoms with van der Waals surface area (Å²) in [6, 6.07) is 11.2. The van der Waals surface area contributed by atoms with Crippen LogP contribution in [0.3, 0.4) is 0 Å². The molecule has 0 saturated heterocycles. The molecule has 6 nitrogen and oxygen atoms in total. The zero-order chi connectivity index (χ0) is 18.8. The molecule has 4 rings (SSSR count). The lowest BCUT2D eigenvalue weighted by Crippen LogP contribution is -2.04. The zero-order valence-corrected chi connectivity index (χ0v) is 15.9. The molecule has 3 heterocycles. The van der Waals surface area contributed by atoms with Gasteiger partial charge in [0.1, 0.15) is 11.6 Å². The fourth-order valence-corrected chi connectivity index (χ4v) is 3.00. The molecule has 3 aromatic heterocycles. The minimum atomic E-state index is 0.529. The number of methoxy groups -OCH3 is 1. The van der Waals surface area contributed by atoms with Gasteiger partial charge in [-0.15, -0.1) is 5.10 Å². The molecule has 0 unspecified atom stereocenters. The largest absolute Gasteiger partial charge is 0.495 e. The molecule has 0 atom stereocenters. The van der Waals surface area contributed by atoms with Gasteiger partial charge in [-0.2, -0.15) is 0 Å². The van der Waals surface area contributed by atoms with Gasteiger partial charge in [0.05, 0.1) is 35.2 Å². The van der Waals surface area contributed by atoms with Crippen molar-refractivity contribution in [2.45, 2.75) is 6.54 Å². The van der Waals surface area contributed by atoms with Gasteiger partial charge < -0.3 is 10.1 Å². The van der Waals surface area contributed by atoms with E-state index in [1.54, 1.807) is 36.3 Å². The average Bonchev–Trinajstić information content (AvgIpc) is 3.12. The van der Waals surface area contributed by atoms with Crippen molar-refractivity contribution >= 4 is 34.7 Å². The molecule has 1 aromatic carbocycles. The van der Waals surface area contributed by atoms with Gasteiger partial charge in [-0.3, -0.25) is 4.98 Å². The number of imidazole rings is 1. The fraction of sp³-hybridized carbons (Fsp3) is 0.105. The van der Waals surface area contributed by atoms with Crippen LogP contribution in [0, 0.1) is 0 Å². The Bertz CT molecular complexity index is 1110. The lowest BCUT2D eigenvalue weighted by molar-refractivity contribution is 0.413. The van der Waals surface area contributed by atoms with E-state index < -0.39 is 0 Å². The van der Waals surface area contributed by atoms with Crippen LogP contribution in [0.4, 0.5) is 5.82 Å². The summed E-state index contributed by atoms with van der Waals surface area (Å²) in [5.74, 6) is 1.39. The highest BCUT2D eigenvalue weighted by Crippen LogP contribution is 2.25. The predicted molar refractivity (Wildman–Crippen MR) is 107 cm³/mol. The number of rotatable bonds is 5. The molecule has 0 spiro atoms. The van der Waals surface area contributed by atoms with Crippen LogP contribution >= 0.6 is 23.2 Å². The third-order valence-electron chi connectivity index (χ3n) is 4.06. The molecule has 0 saturated carbocycles. The molecule has 136 valence electrons. The SMILES string of the molecule is COc1cncc(-c2cnc3ccc(NCc4ccc(Cl)c(Cl)c4)nn23)c1. The van der Waals surface area contributed by atoms with E-state index in [2.05, 4.69) is 20.4 Å². The first-order valence-electron chi connectivity index (χ1n) is 8.16. The van der Waals surface area contributed by atoms with Crippen LogP contribution < -0.4 is 10.1 Å². The molecular weight excluding hydrogens is 385 g/mol. The summed E-state index contributed by atoms with van der Waals surface area (Å²) in [6.07, 6.45) is 5.18. The number of anilines is 1. The second kappa shape index (κ2) is 7.42. The number of halogens is 2. The third kappa shape index (κ3) is 3.67. The van der Waals surface area contributed by atoms with E-state index in [-0.39, 0.29) is 0 Å². The Balaban J connectivity index is 1.62. The van der Waals surface area contributed by atoms with Gasteiger partial charge in [-0.1, -0.05) is 29.3 Å². The summed E-state index contributed by atoms with van der Waals surface area (Å²) in [6.45, 7) is 0.570. The molecule has 1 N–H and O–H groups in total. The van der Waals surface area contributed by atoms with Gasteiger partial charge >= 0.3 is 0 Å². The van der Waals surface area contributed by atoms with Crippen LogP contribution in [0.1, 0.15) is 5.56 Å². The Labute approximate surface area is 165 Å². The first-order valence-corrected chi connectivity index (χ1v) is 8.91. The molecule has 4 aromatic rings. The number of nitrogens with zero attached hydrogens (tertiary/aromatic N) is 4. The van der Waals surface area contributed by atoms with Gasteiger partial charge in [-0.05, 0) is 35.9 Å². The first kappa shape index (κ1) is 17.6. The minimum absolute atomic E-state index is 0.529. The van der Waals surface area contributed by atoms with Gasteiger partial charge in [0.15, 0.2) is 5.65 Å². The van der Waals surface area contributed by atoms with Crippen molar-refractivity contribution in [2.24, 2.45) is 0 Å². The van der Waals surface area contributed by atoms with Gasteiger partial charge in [0, 0.05) is 18.3 Å². The Morgan fingerprint density at radius 3 is 2.74 bits per heavy atom. The maximum atomic E-state index is 6.07. The van der Waals surface area contributed by atoms with Crippen molar-refractivity contribution in [3.05, 3.63) is 70.6 Å². The summed E-state index contributed by atoms with van der Waals surface area (Å²) < 4.78 is 7.02. The molecule has 0 amide bonds. The monoisotopic (exact) mass is 399 g/mol. The average molecular weight is 400 g/mol. The second-order valence-corrected chi connectivity index (χ2v) is 6.66. The summed E-state index contributed by atoms with van der Waals surface area (Å²) in [5, 5.41) is 8.99. The standard InChI is InChI=1S/C19H15Cl2N5O/c1-27-14-7-13(9-22-10-14)17-11-24-19-5-4-18(25-26(17)19)23-8-12-2-3-15(20)16(21)6-12/h2-7,9-11H,8H2,1H3,(H,23,25). The Morgan fingerprint density at radius 1 is 1.04 bits per heavy atom. The molecule has 0 bridgehead atoms. The lowest BCUT2D eigenvalue weighted by Gasteiger charge is -2.08. The lowest BCUT2D eigenvalue weighted by atomic mass is 10.2. The summed E-state index contributed by atoms with van der Waals surface area (Å²) in [7, 11) is 1.61. The Hall–Kier alpha value is -2.83. The van der Waals surface area contributed by atoms with Crippen LogP contribution in [0.5, 0.6) is 5.75 Å². The van der Waals surface area contributed by atoms with Crippen molar-refractivity contribution < 1.29 is 4.74 Å². The number of hydrogen-bond donors (Lipinski definition) is 1. The van der Waals surface area contributed by atoms with Gasteiger partial charge in [-0.25, -0.2) is 9.50 Å². The number of hydrogen-bond acceptors (Lipinski definition) is 5. The van der Waals surface area contributed by atoms with Crippen molar-refractivity contribution in [3.63, 3.8) is 0 Å². The maximum Gasteiger partial charge on any atom is 0.154 e. The van der Waals surface area contributed by atoms with E-state index >= 15 is 0 Å². The molecule has 0 fully saturated rings. The van der Waals surface area contributed by atoms with Crippen molar-refractivity contribution in [3.8, 4) is 17.0 Å². The Morgan fingerprint density at radius 2 is 1.93 bits per heavy atom. The molecule has 8 heteroatoms. The normalized spacial score (nSPS) is 10.9. The molecular formula is C19H15Cl2N5O. The summed E-state index contributed by atoms with van der Waals surface area (Å²) in [5.41, 5.74) is 3.45. The molecule has 0 aliphatic heterocycles. The zero-order valence-electron chi connectivity index (χ0n) is 14.4. The number of nitrogens with one attached hydrogen (secondary N) is 1. The smallest absolute Gasteiger partial charge is 0.154 e. The quantitative estimate of drug-likeness (QED) is 0.525.